The Hall–Kier alpha value is -1.46. The summed E-state index contributed by atoms with van der Waals surface area (Å²) < 4.78 is 12.8. The van der Waals surface area contributed by atoms with Crippen LogP contribution in [-0.4, -0.2) is 41.2 Å². The molecule has 0 bridgehead atoms. The predicted octanol–water partition coefficient (Wildman–Crippen LogP) is 0.938. The van der Waals surface area contributed by atoms with Crippen LogP contribution in [0.5, 0.6) is 0 Å². The molecular weight excluding hydrogens is 223 g/mol. The normalized spacial score (nSPS) is 21.2. The van der Waals surface area contributed by atoms with Gasteiger partial charge in [-0.1, -0.05) is 12.1 Å². The number of aliphatic hydroxyl groups excluding tert-OH is 1. The molecule has 1 saturated heterocycles. The van der Waals surface area contributed by atoms with Crippen molar-refractivity contribution in [2.24, 2.45) is 0 Å². The molecule has 5 heteroatoms. The maximum atomic E-state index is 12.8. The Bertz CT molecular complexity index is 407. The van der Waals surface area contributed by atoms with Crippen LogP contribution in [-0.2, 0) is 4.79 Å². The van der Waals surface area contributed by atoms with E-state index in [1.807, 2.05) is 0 Å². The molecule has 1 unspecified atom stereocenters. The first-order valence-electron chi connectivity index (χ1n) is 5.53. The quantitative estimate of drug-likeness (QED) is 0.852. The minimum absolute atomic E-state index is 0.00720. The maximum Gasteiger partial charge on any atom is 0.238 e. The number of carbonyl (C=O) groups excluding carboxylic acids is 1. The van der Waals surface area contributed by atoms with Crippen LogP contribution in [0.4, 0.5) is 4.39 Å². The number of rotatable bonds is 3. The van der Waals surface area contributed by atoms with Crippen molar-refractivity contribution in [1.82, 2.24) is 10.0 Å². The molecule has 0 aromatic heterocycles. The molecule has 1 heterocycles. The highest BCUT2D eigenvalue weighted by Crippen LogP contribution is 2.31. The Kier molecular flexibility index (Phi) is 3.40. The van der Waals surface area contributed by atoms with Gasteiger partial charge in [0.25, 0.3) is 0 Å². The highest BCUT2D eigenvalue weighted by atomic mass is 19.1. The van der Waals surface area contributed by atoms with E-state index >= 15 is 0 Å². The van der Waals surface area contributed by atoms with Crippen LogP contribution in [0.3, 0.4) is 0 Å². The van der Waals surface area contributed by atoms with Crippen LogP contribution < -0.4 is 0 Å². The van der Waals surface area contributed by atoms with E-state index in [1.54, 1.807) is 24.2 Å². The smallest absolute Gasteiger partial charge is 0.238 e. The average molecular weight is 238 g/mol. The fourth-order valence-corrected chi connectivity index (χ4v) is 2.14. The summed E-state index contributed by atoms with van der Waals surface area (Å²) >= 11 is 0. The van der Waals surface area contributed by atoms with Crippen molar-refractivity contribution in [3.63, 3.8) is 0 Å². The minimum Gasteiger partial charge on any atom is -0.395 e. The van der Waals surface area contributed by atoms with Crippen molar-refractivity contribution in [3.05, 3.63) is 35.6 Å². The van der Waals surface area contributed by atoms with Gasteiger partial charge in [-0.2, -0.15) is 0 Å². The van der Waals surface area contributed by atoms with E-state index in [9.17, 15) is 9.18 Å². The SMILES string of the molecule is CN1C(=O)CC(c2ccc(F)cc2)N1CCO. The summed E-state index contributed by atoms with van der Waals surface area (Å²) in [5, 5.41) is 12.3. The van der Waals surface area contributed by atoms with Crippen molar-refractivity contribution in [3.8, 4) is 0 Å². The molecule has 1 aliphatic heterocycles. The largest absolute Gasteiger partial charge is 0.395 e. The molecule has 4 nitrogen and oxygen atoms in total. The van der Waals surface area contributed by atoms with Gasteiger partial charge in [-0.15, -0.1) is 0 Å². The number of carbonyl (C=O) groups is 1. The zero-order valence-corrected chi connectivity index (χ0v) is 9.64. The van der Waals surface area contributed by atoms with E-state index < -0.39 is 0 Å². The van der Waals surface area contributed by atoms with E-state index in [0.29, 0.717) is 13.0 Å². The summed E-state index contributed by atoms with van der Waals surface area (Å²) in [4.78, 5) is 11.6. The lowest BCUT2D eigenvalue weighted by Gasteiger charge is -2.28. The molecular formula is C12H15FN2O2. The number of halogens is 1. The molecule has 2 rings (SSSR count). The van der Waals surface area contributed by atoms with Crippen molar-refractivity contribution in [1.29, 1.82) is 0 Å². The molecule has 1 aromatic rings. The monoisotopic (exact) mass is 238 g/mol. The van der Waals surface area contributed by atoms with Gasteiger partial charge in [0.2, 0.25) is 5.91 Å². The molecule has 0 radical (unpaired) electrons. The van der Waals surface area contributed by atoms with E-state index in [2.05, 4.69) is 0 Å². The fourth-order valence-electron chi connectivity index (χ4n) is 2.14. The van der Waals surface area contributed by atoms with Crippen LogP contribution in [0, 0.1) is 5.82 Å². The van der Waals surface area contributed by atoms with Gasteiger partial charge >= 0.3 is 0 Å². The molecule has 1 atom stereocenters. The number of amides is 1. The number of hydrogen-bond acceptors (Lipinski definition) is 3. The van der Waals surface area contributed by atoms with E-state index in [-0.39, 0.29) is 24.4 Å². The molecule has 1 aromatic carbocycles. The molecule has 1 N–H and O–H groups in total. The Morgan fingerprint density at radius 2 is 2.06 bits per heavy atom. The van der Waals surface area contributed by atoms with Crippen LogP contribution >= 0.6 is 0 Å². The molecule has 17 heavy (non-hydrogen) atoms. The first-order chi connectivity index (χ1) is 8.13. The average Bonchev–Trinajstić information content (AvgIpc) is 2.59. The number of β-amino-alcohol motifs (C(OH)–C–C–N with tert-alkyl or cyclic N) is 1. The highest BCUT2D eigenvalue weighted by Gasteiger charge is 2.35. The Morgan fingerprint density at radius 1 is 1.41 bits per heavy atom. The van der Waals surface area contributed by atoms with Crippen molar-refractivity contribution < 1.29 is 14.3 Å². The van der Waals surface area contributed by atoms with Crippen LogP contribution in [0.2, 0.25) is 0 Å². The second kappa shape index (κ2) is 4.81. The summed E-state index contributed by atoms with van der Waals surface area (Å²) in [7, 11) is 1.68. The number of nitrogens with zero attached hydrogens (tertiary/aromatic N) is 2. The molecule has 92 valence electrons. The molecule has 1 fully saturated rings. The Morgan fingerprint density at radius 3 is 2.65 bits per heavy atom. The molecule has 0 saturated carbocycles. The third-order valence-corrected chi connectivity index (χ3v) is 3.06. The number of benzene rings is 1. The third-order valence-electron chi connectivity index (χ3n) is 3.06. The van der Waals surface area contributed by atoms with Crippen molar-refractivity contribution >= 4 is 5.91 Å². The Labute approximate surface area is 99.2 Å². The lowest BCUT2D eigenvalue weighted by molar-refractivity contribution is -0.136. The zero-order chi connectivity index (χ0) is 12.4. The Balaban J connectivity index is 2.24. The van der Waals surface area contributed by atoms with Gasteiger partial charge in [0, 0.05) is 20.0 Å². The molecule has 0 spiro atoms. The second-order valence-electron chi connectivity index (χ2n) is 4.08. The van der Waals surface area contributed by atoms with Gasteiger partial charge in [-0.25, -0.2) is 9.40 Å². The number of aliphatic hydroxyl groups is 1. The molecule has 1 aliphatic rings. The third kappa shape index (κ3) is 2.30. The fraction of sp³-hybridized carbons (Fsp3) is 0.417. The van der Waals surface area contributed by atoms with Crippen molar-refractivity contribution in [2.75, 3.05) is 20.2 Å². The number of hydrogen-bond donors (Lipinski definition) is 1. The van der Waals surface area contributed by atoms with Gasteiger partial charge < -0.3 is 5.11 Å². The predicted molar refractivity (Wildman–Crippen MR) is 60.3 cm³/mol. The van der Waals surface area contributed by atoms with Gasteiger partial charge in [0.15, 0.2) is 0 Å². The van der Waals surface area contributed by atoms with Crippen LogP contribution in [0.15, 0.2) is 24.3 Å². The standard InChI is InChI=1S/C12H15FN2O2/c1-14-12(17)8-11(15(14)6-7-16)9-2-4-10(13)5-3-9/h2-5,11,16H,6-8H2,1H3. The molecule has 1 amide bonds. The van der Waals surface area contributed by atoms with Gasteiger partial charge in [-0.05, 0) is 17.7 Å². The first-order valence-corrected chi connectivity index (χ1v) is 5.53. The van der Waals surface area contributed by atoms with Crippen molar-refractivity contribution in [2.45, 2.75) is 12.5 Å². The number of hydrazine groups is 1. The summed E-state index contributed by atoms with van der Waals surface area (Å²) in [6, 6.07) is 6.01. The van der Waals surface area contributed by atoms with Crippen LogP contribution in [0.1, 0.15) is 18.0 Å². The van der Waals surface area contributed by atoms with E-state index in [1.165, 1.54) is 17.1 Å². The van der Waals surface area contributed by atoms with Crippen LogP contribution in [0.25, 0.3) is 0 Å². The second-order valence-corrected chi connectivity index (χ2v) is 4.08. The summed E-state index contributed by atoms with van der Waals surface area (Å²) in [6.07, 6.45) is 0.363. The zero-order valence-electron chi connectivity index (χ0n) is 9.64. The van der Waals surface area contributed by atoms with Gasteiger partial charge in [0.05, 0.1) is 12.6 Å². The first kappa shape index (κ1) is 12.0. The van der Waals surface area contributed by atoms with Gasteiger partial charge in [0.1, 0.15) is 5.82 Å². The topological polar surface area (TPSA) is 43.8 Å². The summed E-state index contributed by atoms with van der Waals surface area (Å²) in [5.41, 5.74) is 0.887. The van der Waals surface area contributed by atoms with Gasteiger partial charge in [-0.3, -0.25) is 9.80 Å². The summed E-state index contributed by atoms with van der Waals surface area (Å²) in [6.45, 7) is 0.375. The minimum atomic E-state index is -0.292. The lowest BCUT2D eigenvalue weighted by atomic mass is 10.0. The maximum absolute atomic E-state index is 12.8. The van der Waals surface area contributed by atoms with E-state index in [4.69, 9.17) is 5.11 Å². The van der Waals surface area contributed by atoms with E-state index in [0.717, 1.165) is 5.56 Å². The summed E-state index contributed by atoms with van der Waals surface area (Å²) in [5.74, 6) is -0.284. The lowest BCUT2D eigenvalue weighted by Crippen LogP contribution is -2.38. The highest BCUT2D eigenvalue weighted by molar-refractivity contribution is 5.78. The molecule has 0 aliphatic carbocycles.